The molecule has 4 rings (SSSR count). The minimum atomic E-state index is -0.808. The molecule has 2 aromatic carbocycles. The van der Waals surface area contributed by atoms with Gasteiger partial charge < -0.3 is 20.5 Å². The molecule has 2 amide bonds. The zero-order chi connectivity index (χ0) is 24.8. The van der Waals surface area contributed by atoms with E-state index in [1.54, 1.807) is 11.8 Å². The molecule has 0 radical (unpaired) electrons. The molecule has 2 aromatic rings. The van der Waals surface area contributed by atoms with Crippen LogP contribution in [0.4, 0.5) is 4.79 Å². The molecule has 1 fully saturated rings. The zero-order valence-electron chi connectivity index (χ0n) is 19.9. The number of carbonyl (C=O) groups is 3. The summed E-state index contributed by atoms with van der Waals surface area (Å²) in [6.07, 6.45) is 4.06. The Balaban J connectivity index is 1.35. The number of benzene rings is 2. The largest absolute Gasteiger partial charge is 0.481 e. The molecule has 2 aliphatic carbocycles. The van der Waals surface area contributed by atoms with E-state index >= 15 is 0 Å². The third-order valence-corrected chi connectivity index (χ3v) is 7.72. The molecule has 2 aliphatic rings. The first-order valence-corrected chi connectivity index (χ1v) is 13.5. The van der Waals surface area contributed by atoms with Gasteiger partial charge in [-0.3, -0.25) is 9.59 Å². The predicted molar refractivity (Wildman–Crippen MR) is 136 cm³/mol. The van der Waals surface area contributed by atoms with Crippen molar-refractivity contribution >= 4 is 29.7 Å². The number of amides is 2. The van der Waals surface area contributed by atoms with E-state index in [0.717, 1.165) is 35.1 Å². The van der Waals surface area contributed by atoms with Gasteiger partial charge in [0.15, 0.2) is 0 Å². The van der Waals surface area contributed by atoms with Crippen LogP contribution in [-0.2, 0) is 14.3 Å². The average Bonchev–Trinajstić information content (AvgIpc) is 3.47. The van der Waals surface area contributed by atoms with E-state index < -0.39 is 24.0 Å². The highest BCUT2D eigenvalue weighted by molar-refractivity contribution is 7.98. The van der Waals surface area contributed by atoms with Crippen LogP contribution in [0.25, 0.3) is 11.1 Å². The lowest BCUT2D eigenvalue weighted by Gasteiger charge is -2.21. The summed E-state index contributed by atoms with van der Waals surface area (Å²) in [5.41, 5.74) is 4.56. The number of hydrogen-bond acceptors (Lipinski definition) is 5. The normalized spacial score (nSPS) is 19.5. The fourth-order valence-corrected chi connectivity index (χ4v) is 5.72. The molecule has 35 heavy (non-hydrogen) atoms. The molecule has 3 atom stereocenters. The van der Waals surface area contributed by atoms with Gasteiger partial charge in [-0.15, -0.1) is 0 Å². The van der Waals surface area contributed by atoms with E-state index in [1.807, 2.05) is 30.5 Å². The first-order valence-electron chi connectivity index (χ1n) is 12.1. The summed E-state index contributed by atoms with van der Waals surface area (Å²) >= 11 is 1.59. The minimum absolute atomic E-state index is 0.0538. The van der Waals surface area contributed by atoms with Crippen LogP contribution < -0.4 is 10.6 Å². The van der Waals surface area contributed by atoms with Gasteiger partial charge in [-0.05, 0) is 59.4 Å². The number of fused-ring (bicyclic) bond motifs is 3. The van der Waals surface area contributed by atoms with Crippen LogP contribution in [0.15, 0.2) is 48.5 Å². The van der Waals surface area contributed by atoms with Crippen LogP contribution >= 0.6 is 11.8 Å². The van der Waals surface area contributed by atoms with E-state index in [1.165, 1.54) is 0 Å². The summed E-state index contributed by atoms with van der Waals surface area (Å²) in [5, 5.41) is 15.0. The Labute approximate surface area is 210 Å². The number of carboxylic acids is 1. The molecule has 7 nitrogen and oxygen atoms in total. The maximum atomic E-state index is 12.9. The molecule has 0 heterocycles. The van der Waals surface area contributed by atoms with Gasteiger partial charge in [-0.2, -0.15) is 11.8 Å². The predicted octanol–water partition coefficient (Wildman–Crippen LogP) is 4.26. The summed E-state index contributed by atoms with van der Waals surface area (Å²) in [6.45, 7) is 0.483. The van der Waals surface area contributed by atoms with Gasteiger partial charge in [0.2, 0.25) is 5.91 Å². The van der Waals surface area contributed by atoms with Crippen LogP contribution in [-0.4, -0.2) is 54.3 Å². The first-order chi connectivity index (χ1) is 17.0. The maximum Gasteiger partial charge on any atom is 0.407 e. The van der Waals surface area contributed by atoms with Gasteiger partial charge in [0, 0.05) is 12.5 Å². The quantitative estimate of drug-likeness (QED) is 0.454. The van der Waals surface area contributed by atoms with Gasteiger partial charge in [0.25, 0.3) is 0 Å². The van der Waals surface area contributed by atoms with Crippen LogP contribution in [0.1, 0.15) is 42.7 Å². The lowest BCUT2D eigenvalue weighted by molar-refractivity contribution is -0.143. The van der Waals surface area contributed by atoms with Gasteiger partial charge in [0.1, 0.15) is 12.6 Å². The molecule has 0 unspecified atom stereocenters. The molecule has 0 saturated heterocycles. The second-order valence-electron chi connectivity index (χ2n) is 9.18. The van der Waals surface area contributed by atoms with E-state index in [4.69, 9.17) is 4.74 Å². The number of carbonyl (C=O) groups excluding carboxylic acids is 2. The zero-order valence-corrected chi connectivity index (χ0v) is 20.7. The van der Waals surface area contributed by atoms with E-state index in [-0.39, 0.29) is 24.3 Å². The maximum absolute atomic E-state index is 12.9. The van der Waals surface area contributed by atoms with Crippen molar-refractivity contribution in [1.82, 2.24) is 10.6 Å². The van der Waals surface area contributed by atoms with Gasteiger partial charge in [-0.25, -0.2) is 4.79 Å². The van der Waals surface area contributed by atoms with Gasteiger partial charge in [-0.1, -0.05) is 55.0 Å². The molecule has 0 spiro atoms. The lowest BCUT2D eigenvalue weighted by Crippen LogP contribution is -2.48. The Hall–Kier alpha value is -3.00. The third-order valence-electron chi connectivity index (χ3n) is 7.08. The van der Waals surface area contributed by atoms with Gasteiger partial charge >= 0.3 is 12.1 Å². The van der Waals surface area contributed by atoms with Gasteiger partial charge in [0.05, 0.1) is 5.92 Å². The van der Waals surface area contributed by atoms with E-state index in [0.29, 0.717) is 25.1 Å². The number of rotatable bonds is 10. The molecule has 0 aromatic heterocycles. The minimum Gasteiger partial charge on any atom is -0.481 e. The highest BCUT2D eigenvalue weighted by atomic mass is 32.2. The number of alkyl carbamates (subject to hydrolysis) is 1. The highest BCUT2D eigenvalue weighted by Gasteiger charge is 2.34. The van der Waals surface area contributed by atoms with Crippen LogP contribution in [0, 0.1) is 11.8 Å². The number of ether oxygens (including phenoxy) is 1. The number of hydrogen-bond donors (Lipinski definition) is 3. The molecule has 8 heteroatoms. The SMILES string of the molecule is CSCC[C@@H](NC(=O)OCC1c2ccccc2-c2ccccc21)C(=O)NC[C@@H]1CCC[C@@H]1C(=O)O. The third kappa shape index (κ3) is 5.81. The second-order valence-corrected chi connectivity index (χ2v) is 10.2. The monoisotopic (exact) mass is 496 g/mol. The van der Waals surface area contributed by atoms with Crippen molar-refractivity contribution in [2.75, 3.05) is 25.2 Å². The van der Waals surface area contributed by atoms with Crippen molar-refractivity contribution in [3.63, 3.8) is 0 Å². The number of carboxylic acid groups (broad SMARTS) is 1. The van der Waals surface area contributed by atoms with Crippen LogP contribution in [0.5, 0.6) is 0 Å². The topological polar surface area (TPSA) is 105 Å². The van der Waals surface area contributed by atoms with Crippen LogP contribution in [0.2, 0.25) is 0 Å². The summed E-state index contributed by atoms with van der Waals surface area (Å²) in [5.74, 6) is -0.965. The average molecular weight is 497 g/mol. The summed E-state index contributed by atoms with van der Waals surface area (Å²) < 4.78 is 5.61. The summed E-state index contributed by atoms with van der Waals surface area (Å²) in [6, 6.07) is 15.5. The number of nitrogens with one attached hydrogen (secondary N) is 2. The summed E-state index contributed by atoms with van der Waals surface area (Å²) in [7, 11) is 0. The molecule has 0 aliphatic heterocycles. The molecule has 1 saturated carbocycles. The van der Waals surface area contributed by atoms with Crippen molar-refractivity contribution in [3.8, 4) is 11.1 Å². The van der Waals surface area contributed by atoms with E-state index in [2.05, 4.69) is 34.9 Å². The Morgan fingerprint density at radius 2 is 1.71 bits per heavy atom. The fraction of sp³-hybridized carbons (Fsp3) is 0.444. The Bertz CT molecular complexity index is 1030. The van der Waals surface area contributed by atoms with Crippen molar-refractivity contribution < 1.29 is 24.2 Å². The fourth-order valence-electron chi connectivity index (χ4n) is 5.25. The Morgan fingerprint density at radius 3 is 2.34 bits per heavy atom. The molecule has 186 valence electrons. The smallest absolute Gasteiger partial charge is 0.407 e. The second kappa shape index (κ2) is 11.6. The van der Waals surface area contributed by atoms with E-state index in [9.17, 15) is 19.5 Å². The van der Waals surface area contributed by atoms with Crippen molar-refractivity contribution in [1.29, 1.82) is 0 Å². The number of thioether (sulfide) groups is 1. The highest BCUT2D eigenvalue weighted by Crippen LogP contribution is 2.44. The van der Waals surface area contributed by atoms with Crippen molar-refractivity contribution in [3.05, 3.63) is 59.7 Å². The number of aliphatic carboxylic acids is 1. The van der Waals surface area contributed by atoms with Crippen molar-refractivity contribution in [2.45, 2.75) is 37.6 Å². The molecular formula is C27H32N2O5S. The van der Waals surface area contributed by atoms with Crippen LogP contribution in [0.3, 0.4) is 0 Å². The molecule has 3 N–H and O–H groups in total. The standard InChI is InChI=1S/C27H32N2O5S/c1-35-14-13-24(25(30)28-15-17-7-6-12-18(17)26(31)32)29-27(33)34-16-23-21-10-4-2-8-19(21)20-9-3-5-11-22(20)23/h2-5,8-11,17-18,23-24H,6-7,12-16H2,1H3,(H,28,30)(H,29,33)(H,31,32)/t17-,18-,24+/m0/s1. The first kappa shape index (κ1) is 25.1. The Morgan fingerprint density at radius 1 is 1.06 bits per heavy atom. The van der Waals surface area contributed by atoms with Crippen molar-refractivity contribution in [2.24, 2.45) is 11.8 Å². The summed E-state index contributed by atoms with van der Waals surface area (Å²) in [4.78, 5) is 37.0. The molecular weight excluding hydrogens is 464 g/mol. The Kier molecular flexibility index (Phi) is 8.33. The molecule has 0 bridgehead atoms. The lowest BCUT2D eigenvalue weighted by atomic mass is 9.96.